The van der Waals surface area contributed by atoms with E-state index in [1.54, 1.807) is 43.5 Å². The van der Waals surface area contributed by atoms with Crippen LogP contribution in [0.2, 0.25) is 0 Å². The van der Waals surface area contributed by atoms with Gasteiger partial charge < -0.3 is 23.5 Å². The smallest absolute Gasteiger partial charge is 0.410 e. The normalized spacial score (nSPS) is 16.2. The number of halogens is 3. The van der Waals surface area contributed by atoms with Crippen molar-refractivity contribution < 1.29 is 37.0 Å². The Morgan fingerprint density at radius 3 is 2.59 bits per heavy atom. The number of hydrogen-bond acceptors (Lipinski definition) is 6. The highest BCUT2D eigenvalue weighted by Crippen LogP contribution is 2.34. The average molecular weight is 520 g/mol. The molecule has 1 saturated heterocycles. The molecule has 1 aliphatic rings. The zero-order chi connectivity index (χ0) is 27.1. The van der Waals surface area contributed by atoms with Gasteiger partial charge in [-0.1, -0.05) is 0 Å². The molecule has 11 heteroatoms. The number of ether oxygens (including phenoxy) is 3. The SMILES string of the molecule is COC(=O)c1cc(F)c(-c2nc3cc(C)ccn3c2C[C@H]2CN(C(=O)OC(C)(C)C)CCO2)c(F)c1F. The second-order valence-corrected chi connectivity index (χ2v) is 9.86. The Kier molecular flexibility index (Phi) is 7.18. The van der Waals surface area contributed by atoms with Crippen molar-refractivity contribution in [3.05, 3.63) is 58.7 Å². The summed E-state index contributed by atoms with van der Waals surface area (Å²) in [5, 5.41) is 0. The Balaban J connectivity index is 1.76. The quantitative estimate of drug-likeness (QED) is 0.367. The van der Waals surface area contributed by atoms with Gasteiger partial charge in [0.2, 0.25) is 0 Å². The Labute approximate surface area is 211 Å². The van der Waals surface area contributed by atoms with E-state index >= 15 is 8.78 Å². The molecule has 37 heavy (non-hydrogen) atoms. The van der Waals surface area contributed by atoms with Crippen molar-refractivity contribution in [1.82, 2.24) is 14.3 Å². The number of methoxy groups -OCH3 is 1. The van der Waals surface area contributed by atoms with E-state index in [4.69, 9.17) is 9.47 Å². The van der Waals surface area contributed by atoms with E-state index in [0.29, 0.717) is 24.0 Å². The van der Waals surface area contributed by atoms with Crippen LogP contribution in [-0.2, 0) is 20.6 Å². The zero-order valence-corrected chi connectivity index (χ0v) is 21.2. The average Bonchev–Trinajstić information content (AvgIpc) is 3.16. The number of rotatable bonds is 4. The fourth-order valence-electron chi connectivity index (χ4n) is 4.21. The van der Waals surface area contributed by atoms with Gasteiger partial charge in [-0.15, -0.1) is 0 Å². The molecule has 8 nitrogen and oxygen atoms in total. The first kappa shape index (κ1) is 26.5. The van der Waals surface area contributed by atoms with Crippen molar-refractivity contribution in [3.8, 4) is 11.3 Å². The van der Waals surface area contributed by atoms with Crippen molar-refractivity contribution in [2.45, 2.75) is 45.8 Å². The predicted octanol–water partition coefficient (Wildman–Crippen LogP) is 4.69. The molecule has 1 aliphatic heterocycles. The molecule has 0 N–H and O–H groups in total. The predicted molar refractivity (Wildman–Crippen MR) is 128 cm³/mol. The summed E-state index contributed by atoms with van der Waals surface area (Å²) in [6, 6.07) is 4.11. The zero-order valence-electron chi connectivity index (χ0n) is 21.2. The fourth-order valence-corrected chi connectivity index (χ4v) is 4.21. The van der Waals surface area contributed by atoms with E-state index in [9.17, 15) is 14.0 Å². The molecule has 0 aliphatic carbocycles. The highest BCUT2D eigenvalue weighted by atomic mass is 19.2. The van der Waals surface area contributed by atoms with E-state index in [2.05, 4.69) is 9.72 Å². The lowest BCUT2D eigenvalue weighted by atomic mass is 10.0. The first-order valence-electron chi connectivity index (χ1n) is 11.7. The molecule has 0 unspecified atom stereocenters. The van der Waals surface area contributed by atoms with E-state index in [0.717, 1.165) is 12.7 Å². The first-order chi connectivity index (χ1) is 17.4. The Morgan fingerprint density at radius 1 is 1.19 bits per heavy atom. The van der Waals surface area contributed by atoms with Crippen LogP contribution in [0.1, 0.15) is 42.4 Å². The van der Waals surface area contributed by atoms with Gasteiger partial charge in [0.15, 0.2) is 11.6 Å². The summed E-state index contributed by atoms with van der Waals surface area (Å²) in [4.78, 5) is 30.3. The molecule has 0 spiro atoms. The molecule has 4 rings (SSSR count). The Hall–Kier alpha value is -3.60. The van der Waals surface area contributed by atoms with Crippen LogP contribution in [0.15, 0.2) is 24.4 Å². The molecular weight excluding hydrogens is 491 g/mol. The van der Waals surface area contributed by atoms with Crippen LogP contribution in [0.25, 0.3) is 16.9 Å². The van der Waals surface area contributed by atoms with Gasteiger partial charge in [-0.2, -0.15) is 0 Å². The van der Waals surface area contributed by atoms with Gasteiger partial charge >= 0.3 is 12.1 Å². The van der Waals surface area contributed by atoms with Gasteiger partial charge in [0.25, 0.3) is 0 Å². The molecule has 198 valence electrons. The van der Waals surface area contributed by atoms with E-state index < -0.39 is 52.3 Å². The number of morpholine rings is 1. The highest BCUT2D eigenvalue weighted by molar-refractivity contribution is 5.90. The molecule has 3 aromatic rings. The summed E-state index contributed by atoms with van der Waals surface area (Å²) in [5.74, 6) is -5.46. The number of fused-ring (bicyclic) bond motifs is 1. The highest BCUT2D eigenvalue weighted by Gasteiger charge is 2.32. The van der Waals surface area contributed by atoms with Gasteiger partial charge in [0, 0.05) is 19.2 Å². The lowest BCUT2D eigenvalue weighted by Crippen LogP contribution is -2.48. The van der Waals surface area contributed by atoms with Crippen LogP contribution in [0, 0.1) is 24.4 Å². The Bertz CT molecular complexity index is 1370. The standard InChI is InChI=1S/C26H28F3N3O5/c1-14-6-7-32-18(11-15-13-31(8-9-36-15)25(34)37-26(2,3)4)23(30-19(32)10-14)20-17(27)12-16(24(33)35-5)21(28)22(20)29/h6-7,10,12,15H,8-9,11,13H2,1-5H3/t15-/m0/s1. The maximum Gasteiger partial charge on any atom is 0.410 e. The number of imidazole rings is 1. The van der Waals surface area contributed by atoms with Crippen molar-refractivity contribution in [3.63, 3.8) is 0 Å². The molecule has 1 amide bonds. The fraction of sp³-hybridized carbons (Fsp3) is 0.423. The third-order valence-electron chi connectivity index (χ3n) is 5.89. The summed E-state index contributed by atoms with van der Waals surface area (Å²) in [7, 11) is 0.985. The molecule has 1 atom stereocenters. The van der Waals surface area contributed by atoms with Crippen molar-refractivity contribution >= 4 is 17.7 Å². The van der Waals surface area contributed by atoms with Crippen LogP contribution < -0.4 is 0 Å². The Morgan fingerprint density at radius 2 is 1.92 bits per heavy atom. The minimum atomic E-state index is -1.55. The number of benzene rings is 1. The van der Waals surface area contributed by atoms with Crippen LogP contribution >= 0.6 is 0 Å². The topological polar surface area (TPSA) is 82.4 Å². The lowest BCUT2D eigenvalue weighted by Gasteiger charge is -2.34. The van der Waals surface area contributed by atoms with Gasteiger partial charge in [-0.25, -0.2) is 27.7 Å². The maximum atomic E-state index is 15.2. The largest absolute Gasteiger partial charge is 0.465 e. The molecule has 1 aromatic carbocycles. The second-order valence-electron chi connectivity index (χ2n) is 9.86. The minimum Gasteiger partial charge on any atom is -0.465 e. The number of aryl methyl sites for hydroxylation is 1. The third kappa shape index (κ3) is 5.41. The first-order valence-corrected chi connectivity index (χ1v) is 11.7. The second kappa shape index (κ2) is 10.0. The summed E-state index contributed by atoms with van der Waals surface area (Å²) in [6.07, 6.45) is 0.761. The number of esters is 1. The molecule has 1 fully saturated rings. The van der Waals surface area contributed by atoms with Crippen molar-refractivity contribution in [2.24, 2.45) is 0 Å². The monoisotopic (exact) mass is 519 g/mol. The minimum absolute atomic E-state index is 0.109. The van der Waals surface area contributed by atoms with E-state index in [1.807, 2.05) is 6.92 Å². The summed E-state index contributed by atoms with van der Waals surface area (Å²) >= 11 is 0. The summed E-state index contributed by atoms with van der Waals surface area (Å²) < 4.78 is 62.6. The molecule has 0 bridgehead atoms. The van der Waals surface area contributed by atoms with Crippen molar-refractivity contribution in [2.75, 3.05) is 26.8 Å². The third-order valence-corrected chi connectivity index (χ3v) is 5.89. The van der Waals surface area contributed by atoms with Gasteiger partial charge in [0.05, 0.1) is 43.3 Å². The van der Waals surface area contributed by atoms with Crippen LogP contribution in [0.4, 0.5) is 18.0 Å². The van der Waals surface area contributed by atoms with E-state index in [-0.39, 0.29) is 25.3 Å². The van der Waals surface area contributed by atoms with Gasteiger partial charge in [-0.05, 0) is 51.5 Å². The molecule has 0 saturated carbocycles. The van der Waals surface area contributed by atoms with Crippen LogP contribution in [0.5, 0.6) is 0 Å². The molecule has 3 heterocycles. The van der Waals surface area contributed by atoms with Crippen LogP contribution in [-0.4, -0.2) is 64.9 Å². The number of carbonyl (C=O) groups is 2. The lowest BCUT2D eigenvalue weighted by molar-refractivity contribution is -0.0418. The molecule has 2 aromatic heterocycles. The number of pyridine rings is 1. The van der Waals surface area contributed by atoms with Gasteiger partial charge in [0.1, 0.15) is 22.6 Å². The molecule has 0 radical (unpaired) electrons. The molecular formula is C26H28F3N3O5. The number of amides is 1. The number of aromatic nitrogens is 2. The maximum absolute atomic E-state index is 15.2. The van der Waals surface area contributed by atoms with Crippen molar-refractivity contribution in [1.29, 1.82) is 0 Å². The number of nitrogens with zero attached hydrogens (tertiary/aromatic N) is 3. The summed E-state index contributed by atoms with van der Waals surface area (Å²) in [5.41, 5.74) is -0.766. The number of carbonyl (C=O) groups excluding carboxylic acids is 2. The van der Waals surface area contributed by atoms with E-state index in [1.165, 1.54) is 4.90 Å². The van der Waals surface area contributed by atoms with Crippen LogP contribution in [0.3, 0.4) is 0 Å². The summed E-state index contributed by atoms with van der Waals surface area (Å²) in [6.45, 7) is 7.88. The van der Waals surface area contributed by atoms with Gasteiger partial charge in [-0.3, -0.25) is 0 Å². The number of hydrogen-bond donors (Lipinski definition) is 0.